The molecule has 2 aromatic carbocycles. The number of methoxy groups -OCH3 is 1. The normalized spacial score (nSPS) is 15.0. The Labute approximate surface area is 206 Å². The average molecular weight is 489 g/mol. The zero-order valence-electron chi connectivity index (χ0n) is 19.4. The molecule has 1 N–H and O–H groups in total. The molecule has 0 radical (unpaired) electrons. The first kappa shape index (κ1) is 25.4. The number of ether oxygens (including phenoxy) is 1. The van der Waals surface area contributed by atoms with E-state index in [4.69, 9.17) is 16.3 Å². The van der Waals surface area contributed by atoms with E-state index in [2.05, 4.69) is 5.32 Å². The molecule has 0 aliphatic heterocycles. The molecule has 0 saturated heterocycles. The van der Waals surface area contributed by atoms with Crippen LogP contribution >= 0.6 is 23.4 Å². The maximum atomic E-state index is 13.2. The summed E-state index contributed by atoms with van der Waals surface area (Å²) in [6.07, 6.45) is 5.53. The van der Waals surface area contributed by atoms with E-state index in [1.807, 2.05) is 48.5 Å². The van der Waals surface area contributed by atoms with Gasteiger partial charge in [-0.15, -0.1) is 11.8 Å². The van der Waals surface area contributed by atoms with Crippen molar-refractivity contribution in [3.8, 4) is 5.75 Å². The number of amides is 2. The molecule has 1 aliphatic carbocycles. The Morgan fingerprint density at radius 1 is 1.12 bits per heavy atom. The van der Waals surface area contributed by atoms with Crippen LogP contribution in [0.4, 0.5) is 0 Å². The lowest BCUT2D eigenvalue weighted by Gasteiger charge is -2.31. The van der Waals surface area contributed by atoms with E-state index in [1.54, 1.807) is 18.9 Å². The molecule has 2 amide bonds. The minimum atomic E-state index is -0.572. The lowest BCUT2D eigenvalue weighted by molar-refractivity contribution is -0.139. The van der Waals surface area contributed by atoms with Crippen molar-refractivity contribution in [1.82, 2.24) is 10.2 Å². The van der Waals surface area contributed by atoms with Crippen molar-refractivity contribution in [3.05, 3.63) is 64.7 Å². The fourth-order valence-corrected chi connectivity index (χ4v) is 5.09. The zero-order chi connectivity index (χ0) is 23.6. The average Bonchev–Trinajstić information content (AvgIpc) is 2.84. The molecule has 1 unspecified atom stereocenters. The monoisotopic (exact) mass is 488 g/mol. The highest BCUT2D eigenvalue weighted by Gasteiger charge is 2.28. The summed E-state index contributed by atoms with van der Waals surface area (Å²) in [5.74, 6) is 1.64. The number of thioether (sulfide) groups is 1. The van der Waals surface area contributed by atoms with Crippen LogP contribution in [0.2, 0.25) is 5.02 Å². The van der Waals surface area contributed by atoms with Gasteiger partial charge in [0.2, 0.25) is 11.8 Å². The summed E-state index contributed by atoms with van der Waals surface area (Å²) in [6, 6.07) is 14.9. The molecule has 0 spiro atoms. The first-order valence-electron chi connectivity index (χ1n) is 11.5. The van der Waals surface area contributed by atoms with Crippen LogP contribution in [-0.4, -0.2) is 41.7 Å². The molecule has 1 fully saturated rings. The van der Waals surface area contributed by atoms with Crippen LogP contribution in [0.1, 0.15) is 50.2 Å². The van der Waals surface area contributed by atoms with E-state index in [-0.39, 0.29) is 23.6 Å². The number of carbonyl (C=O) groups is 2. The Morgan fingerprint density at radius 3 is 2.48 bits per heavy atom. The predicted octanol–water partition coefficient (Wildman–Crippen LogP) is 5.45. The third kappa shape index (κ3) is 7.68. The summed E-state index contributed by atoms with van der Waals surface area (Å²) in [5, 5.41) is 3.76. The van der Waals surface area contributed by atoms with E-state index in [0.717, 1.165) is 42.6 Å². The van der Waals surface area contributed by atoms with Crippen molar-refractivity contribution in [3.63, 3.8) is 0 Å². The van der Waals surface area contributed by atoms with Crippen LogP contribution in [0.5, 0.6) is 5.75 Å². The third-order valence-electron chi connectivity index (χ3n) is 6.07. The van der Waals surface area contributed by atoms with Gasteiger partial charge < -0.3 is 15.0 Å². The maximum absolute atomic E-state index is 13.2. The van der Waals surface area contributed by atoms with Gasteiger partial charge in [0.05, 0.1) is 12.9 Å². The molecule has 0 bridgehead atoms. The first-order valence-corrected chi connectivity index (χ1v) is 13.0. The smallest absolute Gasteiger partial charge is 0.242 e. The van der Waals surface area contributed by atoms with Gasteiger partial charge in [0.25, 0.3) is 0 Å². The molecule has 33 heavy (non-hydrogen) atoms. The summed E-state index contributed by atoms with van der Waals surface area (Å²) < 4.78 is 5.20. The molecule has 178 valence electrons. The third-order valence-corrected chi connectivity index (χ3v) is 7.43. The topological polar surface area (TPSA) is 58.6 Å². The van der Waals surface area contributed by atoms with Crippen molar-refractivity contribution in [2.24, 2.45) is 0 Å². The summed E-state index contributed by atoms with van der Waals surface area (Å²) in [4.78, 5) is 27.9. The van der Waals surface area contributed by atoms with Crippen LogP contribution in [-0.2, 0) is 21.9 Å². The second-order valence-electron chi connectivity index (χ2n) is 8.47. The van der Waals surface area contributed by atoms with Crippen LogP contribution in [0.15, 0.2) is 48.5 Å². The van der Waals surface area contributed by atoms with E-state index in [0.29, 0.717) is 17.3 Å². The van der Waals surface area contributed by atoms with Gasteiger partial charge in [0.15, 0.2) is 0 Å². The largest absolute Gasteiger partial charge is 0.497 e. The quantitative estimate of drug-likeness (QED) is 0.483. The Kier molecular flexibility index (Phi) is 9.95. The molecule has 0 aromatic heterocycles. The van der Waals surface area contributed by atoms with Crippen molar-refractivity contribution in [1.29, 1.82) is 0 Å². The van der Waals surface area contributed by atoms with Gasteiger partial charge >= 0.3 is 0 Å². The van der Waals surface area contributed by atoms with E-state index >= 15 is 0 Å². The number of benzene rings is 2. The van der Waals surface area contributed by atoms with Crippen molar-refractivity contribution in [2.75, 3.05) is 12.9 Å². The SMILES string of the molecule is COc1ccc(CSCC(=O)N(Cc2ccccc2Cl)C(C)C(=O)NC2CCCCC2)cc1. The molecular formula is C26H33ClN2O3S. The lowest BCUT2D eigenvalue weighted by atomic mass is 9.95. The van der Waals surface area contributed by atoms with Gasteiger partial charge in [-0.05, 0) is 49.1 Å². The molecule has 0 heterocycles. The van der Waals surface area contributed by atoms with Gasteiger partial charge in [0, 0.05) is 23.4 Å². The highest BCUT2D eigenvalue weighted by molar-refractivity contribution is 7.99. The summed E-state index contributed by atoms with van der Waals surface area (Å²) in [5.41, 5.74) is 1.96. The number of nitrogens with one attached hydrogen (secondary N) is 1. The minimum absolute atomic E-state index is 0.0697. The van der Waals surface area contributed by atoms with E-state index in [1.165, 1.54) is 18.2 Å². The van der Waals surface area contributed by atoms with E-state index in [9.17, 15) is 9.59 Å². The number of halogens is 1. The number of rotatable bonds is 10. The standard InChI is InChI=1S/C26H33ClN2O3S/c1-19(26(31)28-22-9-4-3-5-10-22)29(16-21-8-6-7-11-24(21)27)25(30)18-33-17-20-12-14-23(32-2)15-13-20/h6-8,11-15,19,22H,3-5,9-10,16-18H2,1-2H3,(H,28,31). The number of hydrogen-bond donors (Lipinski definition) is 1. The molecule has 1 saturated carbocycles. The molecule has 2 aromatic rings. The van der Waals surface area contributed by atoms with Gasteiger partial charge in [-0.2, -0.15) is 0 Å². The second-order valence-corrected chi connectivity index (χ2v) is 9.87. The van der Waals surface area contributed by atoms with Crippen molar-refractivity contribution in [2.45, 2.75) is 63.4 Å². The van der Waals surface area contributed by atoms with E-state index < -0.39 is 6.04 Å². The first-order chi connectivity index (χ1) is 16.0. The molecule has 5 nitrogen and oxygen atoms in total. The maximum Gasteiger partial charge on any atom is 0.242 e. The van der Waals surface area contributed by atoms with Crippen LogP contribution in [0.3, 0.4) is 0 Å². The summed E-state index contributed by atoms with van der Waals surface area (Å²) in [7, 11) is 1.64. The molecule has 1 aliphatic rings. The minimum Gasteiger partial charge on any atom is -0.497 e. The molecule has 1 atom stereocenters. The zero-order valence-corrected chi connectivity index (χ0v) is 21.0. The second kappa shape index (κ2) is 12.9. The van der Waals surface area contributed by atoms with Crippen molar-refractivity contribution < 1.29 is 14.3 Å². The Morgan fingerprint density at radius 2 is 1.82 bits per heavy atom. The Balaban J connectivity index is 1.64. The number of hydrogen-bond acceptors (Lipinski definition) is 4. The van der Waals surface area contributed by atoms with Crippen LogP contribution in [0, 0.1) is 0 Å². The van der Waals surface area contributed by atoms with Gasteiger partial charge in [-0.25, -0.2) is 0 Å². The summed E-state index contributed by atoms with van der Waals surface area (Å²) in [6.45, 7) is 2.11. The fraction of sp³-hybridized carbons (Fsp3) is 0.462. The highest BCUT2D eigenvalue weighted by Crippen LogP contribution is 2.22. The van der Waals surface area contributed by atoms with Crippen LogP contribution < -0.4 is 10.1 Å². The Hall–Kier alpha value is -2.18. The van der Waals surface area contributed by atoms with Gasteiger partial charge in [-0.3, -0.25) is 9.59 Å². The predicted molar refractivity (Wildman–Crippen MR) is 136 cm³/mol. The molecule has 3 rings (SSSR count). The molecular weight excluding hydrogens is 456 g/mol. The fourth-order valence-electron chi connectivity index (χ4n) is 4.02. The number of nitrogens with zero attached hydrogens (tertiary/aromatic N) is 1. The lowest BCUT2D eigenvalue weighted by Crippen LogP contribution is -2.50. The molecule has 7 heteroatoms. The van der Waals surface area contributed by atoms with Crippen molar-refractivity contribution >= 4 is 35.2 Å². The Bertz CT molecular complexity index is 916. The number of carbonyl (C=O) groups excluding carboxylic acids is 2. The van der Waals surface area contributed by atoms with Crippen LogP contribution in [0.25, 0.3) is 0 Å². The summed E-state index contributed by atoms with van der Waals surface area (Å²) >= 11 is 7.91. The highest BCUT2D eigenvalue weighted by atomic mass is 35.5. The van der Waals surface area contributed by atoms with Gasteiger partial charge in [0.1, 0.15) is 11.8 Å². The van der Waals surface area contributed by atoms with Gasteiger partial charge in [-0.1, -0.05) is 61.2 Å².